The van der Waals surface area contributed by atoms with Gasteiger partial charge in [-0.2, -0.15) is 0 Å². The molecule has 0 spiro atoms. The van der Waals surface area contributed by atoms with Gasteiger partial charge in [0.05, 0.1) is 12.0 Å². The first-order valence-electron chi connectivity index (χ1n) is 11.0. The Hall–Kier alpha value is -0.570. The molecule has 0 aliphatic carbocycles. The molecule has 0 amide bonds. The largest absolute Gasteiger partial charge is 0.461 e. The molecule has 1 heterocycles. The lowest BCUT2D eigenvalue weighted by Crippen LogP contribution is -2.46. The van der Waals surface area contributed by atoms with Crippen molar-refractivity contribution in [3.8, 4) is 0 Å². The van der Waals surface area contributed by atoms with E-state index in [1.165, 1.54) is 83.5 Å². The number of hydrogen-bond donors (Lipinski definition) is 1. The van der Waals surface area contributed by atoms with Crippen LogP contribution in [0.1, 0.15) is 117 Å². The minimum atomic E-state index is -0.378. The minimum Gasteiger partial charge on any atom is -0.461 e. The summed E-state index contributed by atoms with van der Waals surface area (Å²) in [5.74, 6) is -0.00716. The molecule has 0 aromatic rings. The fourth-order valence-corrected chi connectivity index (χ4v) is 3.81. The van der Waals surface area contributed by atoms with Crippen LogP contribution in [0.15, 0.2) is 0 Å². The van der Waals surface area contributed by atoms with E-state index in [9.17, 15) is 9.90 Å². The summed E-state index contributed by atoms with van der Waals surface area (Å²) in [5, 5.41) is 9.39. The fraction of sp³-hybridized carbons (Fsp3) is 0.955. The van der Waals surface area contributed by atoms with E-state index in [0.717, 1.165) is 12.8 Å². The van der Waals surface area contributed by atoms with Crippen LogP contribution in [0.2, 0.25) is 0 Å². The highest BCUT2D eigenvalue weighted by Crippen LogP contribution is 2.31. The lowest BCUT2D eigenvalue weighted by Gasteiger charge is -2.36. The fourth-order valence-electron chi connectivity index (χ4n) is 3.81. The number of hydrogen-bond acceptors (Lipinski definition) is 3. The van der Waals surface area contributed by atoms with E-state index >= 15 is 0 Å². The monoisotopic (exact) mass is 354 g/mol. The Bertz CT molecular complexity index is 327. The van der Waals surface area contributed by atoms with Gasteiger partial charge in [0.15, 0.2) is 0 Å². The van der Waals surface area contributed by atoms with Gasteiger partial charge in [-0.05, 0) is 13.3 Å². The van der Waals surface area contributed by atoms with Crippen LogP contribution in [-0.2, 0) is 9.53 Å². The van der Waals surface area contributed by atoms with Crippen molar-refractivity contribution in [2.24, 2.45) is 5.92 Å². The maximum absolute atomic E-state index is 11.5. The second-order valence-electron chi connectivity index (χ2n) is 8.05. The van der Waals surface area contributed by atoms with E-state index in [0.29, 0.717) is 6.42 Å². The highest BCUT2D eigenvalue weighted by molar-refractivity contribution is 5.78. The van der Waals surface area contributed by atoms with E-state index in [-0.39, 0.29) is 24.1 Å². The molecule has 1 N–H and O–H groups in total. The van der Waals surface area contributed by atoms with Gasteiger partial charge in [0, 0.05) is 6.42 Å². The smallest absolute Gasteiger partial charge is 0.313 e. The van der Waals surface area contributed by atoms with Crippen LogP contribution in [0.4, 0.5) is 0 Å². The number of ether oxygens (including phenoxy) is 1. The Morgan fingerprint density at radius 1 is 0.840 bits per heavy atom. The van der Waals surface area contributed by atoms with Crippen molar-refractivity contribution in [3.63, 3.8) is 0 Å². The molecular formula is C22H42O3. The van der Waals surface area contributed by atoms with Gasteiger partial charge in [-0.1, -0.05) is 96.8 Å². The third-order valence-electron chi connectivity index (χ3n) is 5.46. The Morgan fingerprint density at radius 2 is 1.28 bits per heavy atom. The molecule has 0 bridgehead atoms. The molecule has 1 aliphatic rings. The summed E-state index contributed by atoms with van der Waals surface area (Å²) in [6.45, 7) is 4.03. The van der Waals surface area contributed by atoms with Crippen molar-refractivity contribution in [1.29, 1.82) is 0 Å². The molecule has 1 fully saturated rings. The average Bonchev–Trinajstić information content (AvgIpc) is 2.57. The first-order valence-corrected chi connectivity index (χ1v) is 11.0. The molecule has 1 rings (SSSR count). The number of carbonyl (C=O) groups is 1. The van der Waals surface area contributed by atoms with Crippen LogP contribution in [0.5, 0.6) is 0 Å². The molecule has 1 saturated heterocycles. The Labute approximate surface area is 155 Å². The lowest BCUT2D eigenvalue weighted by molar-refractivity contribution is -0.188. The maximum Gasteiger partial charge on any atom is 0.313 e. The molecule has 1 unspecified atom stereocenters. The van der Waals surface area contributed by atoms with E-state index in [4.69, 9.17) is 4.74 Å². The molecule has 25 heavy (non-hydrogen) atoms. The van der Waals surface area contributed by atoms with E-state index in [1.54, 1.807) is 6.92 Å². The van der Waals surface area contributed by atoms with Gasteiger partial charge < -0.3 is 9.84 Å². The maximum atomic E-state index is 11.5. The predicted octanol–water partition coefficient (Wildman–Crippen LogP) is 6.17. The quantitative estimate of drug-likeness (QED) is 0.251. The number of rotatable bonds is 17. The van der Waals surface area contributed by atoms with Crippen molar-refractivity contribution >= 4 is 5.97 Å². The molecule has 0 radical (unpaired) electrons. The van der Waals surface area contributed by atoms with Crippen molar-refractivity contribution in [3.05, 3.63) is 0 Å². The molecule has 3 heteroatoms. The van der Waals surface area contributed by atoms with Crippen LogP contribution >= 0.6 is 0 Å². The third kappa shape index (κ3) is 10.9. The molecule has 0 saturated carbocycles. The van der Waals surface area contributed by atoms with Gasteiger partial charge in [-0.15, -0.1) is 0 Å². The zero-order valence-electron chi connectivity index (χ0n) is 16.8. The second-order valence-corrected chi connectivity index (χ2v) is 8.05. The first kappa shape index (κ1) is 22.5. The summed E-state index contributed by atoms with van der Waals surface area (Å²) in [6, 6.07) is 0. The summed E-state index contributed by atoms with van der Waals surface area (Å²) in [5.41, 5.74) is 0. The van der Waals surface area contributed by atoms with Crippen molar-refractivity contribution in [2.45, 2.75) is 129 Å². The van der Waals surface area contributed by atoms with E-state index in [1.807, 2.05) is 0 Å². The number of cyclic esters (lactones) is 1. The van der Waals surface area contributed by atoms with Gasteiger partial charge in [0.2, 0.25) is 0 Å². The van der Waals surface area contributed by atoms with Gasteiger partial charge in [0.25, 0.3) is 0 Å². The predicted molar refractivity (Wildman–Crippen MR) is 105 cm³/mol. The molecule has 0 aromatic carbocycles. The topological polar surface area (TPSA) is 46.5 Å². The molecule has 0 aromatic heterocycles. The van der Waals surface area contributed by atoms with Crippen LogP contribution < -0.4 is 0 Å². The molecule has 3 atom stereocenters. The Morgan fingerprint density at radius 3 is 1.68 bits per heavy atom. The van der Waals surface area contributed by atoms with Crippen LogP contribution in [0, 0.1) is 5.92 Å². The number of carbonyl (C=O) groups excluding carboxylic acids is 1. The molecule has 1 aliphatic heterocycles. The number of unbranched alkanes of at least 4 members (excludes halogenated alkanes) is 13. The van der Waals surface area contributed by atoms with Gasteiger partial charge in [-0.3, -0.25) is 4.79 Å². The highest BCUT2D eigenvalue weighted by Gasteiger charge is 2.41. The van der Waals surface area contributed by atoms with Gasteiger partial charge in [-0.25, -0.2) is 0 Å². The van der Waals surface area contributed by atoms with Crippen molar-refractivity contribution < 1.29 is 14.6 Å². The second kappa shape index (κ2) is 14.6. The number of aliphatic hydroxyl groups excluding tert-OH is 1. The molecular weight excluding hydrogens is 312 g/mol. The molecule has 148 valence electrons. The van der Waals surface area contributed by atoms with E-state index < -0.39 is 0 Å². The standard InChI is InChI=1S/C22H42O3/c1-3-4-5-6-7-8-9-10-11-12-13-14-15-16-17-20-21(18-19(2)23)25-22(20)24/h19-21,23H,3-18H2,1-2H3/t19?,20-,21-/m0/s1. The zero-order chi connectivity index (χ0) is 18.3. The SMILES string of the molecule is CCCCCCCCCCCCCCCC[C@@H]1C(=O)O[C@H]1CC(C)O. The molecule has 3 nitrogen and oxygen atoms in total. The first-order chi connectivity index (χ1) is 12.1. The Balaban J connectivity index is 1.81. The summed E-state index contributed by atoms with van der Waals surface area (Å²) in [4.78, 5) is 11.5. The summed E-state index contributed by atoms with van der Waals surface area (Å²) in [7, 11) is 0. The van der Waals surface area contributed by atoms with Crippen LogP contribution in [-0.4, -0.2) is 23.3 Å². The summed E-state index contributed by atoms with van der Waals surface area (Å²) in [6.07, 6.45) is 20.1. The highest BCUT2D eigenvalue weighted by atomic mass is 16.6. The Kier molecular flexibility index (Phi) is 13.1. The lowest BCUT2D eigenvalue weighted by atomic mass is 9.87. The van der Waals surface area contributed by atoms with Crippen LogP contribution in [0.25, 0.3) is 0 Å². The summed E-state index contributed by atoms with van der Waals surface area (Å²) < 4.78 is 5.13. The third-order valence-corrected chi connectivity index (χ3v) is 5.46. The number of aliphatic hydroxyl groups is 1. The van der Waals surface area contributed by atoms with Gasteiger partial charge in [0.1, 0.15) is 6.10 Å². The average molecular weight is 355 g/mol. The zero-order valence-corrected chi connectivity index (χ0v) is 16.8. The van der Waals surface area contributed by atoms with Gasteiger partial charge >= 0.3 is 5.97 Å². The normalized spacial score (nSPS) is 21.0. The number of esters is 1. The van der Waals surface area contributed by atoms with E-state index in [2.05, 4.69) is 6.92 Å². The van der Waals surface area contributed by atoms with Crippen molar-refractivity contribution in [2.75, 3.05) is 0 Å². The van der Waals surface area contributed by atoms with Crippen molar-refractivity contribution in [1.82, 2.24) is 0 Å². The minimum absolute atomic E-state index is 0.0329. The van der Waals surface area contributed by atoms with Crippen LogP contribution in [0.3, 0.4) is 0 Å². The summed E-state index contributed by atoms with van der Waals surface area (Å²) >= 11 is 0.